The van der Waals surface area contributed by atoms with Crippen molar-refractivity contribution in [3.05, 3.63) is 28.9 Å². The highest BCUT2D eigenvalue weighted by atomic mass is 35.5. The molecule has 0 radical (unpaired) electrons. The second-order valence-corrected chi connectivity index (χ2v) is 13.0. The van der Waals surface area contributed by atoms with Crippen LogP contribution in [0.4, 0.5) is 0 Å². The standard InChI is InChI=1S/C30H39ClN4O6/c1-29(2)14-17(25(36)34-29)10-22(28(39)41-4)33-26(37)23-15-30(8-6-5-7-9-30)16-35(23)27(38)21-13-19-20(32-21)11-18(31)12-24(19)40-3/h11-13,17,22-23,32H,5-10,14-16H2,1-4H3,(H,33,37)(H,34,36)/t17-,22+,23+/m1/s1. The van der Waals surface area contributed by atoms with Gasteiger partial charge in [-0.1, -0.05) is 30.9 Å². The fourth-order valence-corrected chi connectivity index (χ4v) is 7.28. The third kappa shape index (κ3) is 5.89. The van der Waals surface area contributed by atoms with Crippen LogP contribution in [0.3, 0.4) is 0 Å². The molecule has 222 valence electrons. The first-order valence-electron chi connectivity index (χ1n) is 14.3. The van der Waals surface area contributed by atoms with E-state index in [0.29, 0.717) is 41.4 Å². The van der Waals surface area contributed by atoms with E-state index in [1.807, 2.05) is 13.8 Å². The summed E-state index contributed by atoms with van der Waals surface area (Å²) < 4.78 is 10.5. The zero-order valence-electron chi connectivity index (χ0n) is 24.1. The van der Waals surface area contributed by atoms with Crippen molar-refractivity contribution in [2.75, 3.05) is 20.8 Å². The Morgan fingerprint density at radius 3 is 2.49 bits per heavy atom. The van der Waals surface area contributed by atoms with Crippen LogP contribution in [0.15, 0.2) is 18.2 Å². The van der Waals surface area contributed by atoms with Crippen molar-refractivity contribution in [3.8, 4) is 5.75 Å². The molecule has 3 atom stereocenters. The Morgan fingerprint density at radius 1 is 1.12 bits per heavy atom. The van der Waals surface area contributed by atoms with E-state index >= 15 is 0 Å². The molecule has 10 nitrogen and oxygen atoms in total. The van der Waals surface area contributed by atoms with E-state index in [0.717, 1.165) is 37.5 Å². The number of carbonyl (C=O) groups excluding carboxylic acids is 4. The molecule has 1 aromatic carbocycles. The number of aromatic nitrogens is 1. The van der Waals surface area contributed by atoms with E-state index in [2.05, 4.69) is 15.6 Å². The summed E-state index contributed by atoms with van der Waals surface area (Å²) in [7, 11) is 2.81. The SMILES string of the molecule is COC(=O)[C@H](C[C@@H]1CC(C)(C)NC1=O)NC(=O)[C@@H]1CC2(CCCCC2)CN1C(=O)c1cc2c(OC)cc(Cl)cc2[nH]1. The second-order valence-electron chi connectivity index (χ2n) is 12.6. The Balaban J connectivity index is 1.41. The molecule has 5 rings (SSSR count). The van der Waals surface area contributed by atoms with E-state index in [1.165, 1.54) is 7.11 Å². The lowest BCUT2D eigenvalue weighted by Crippen LogP contribution is -2.51. The van der Waals surface area contributed by atoms with Crippen molar-refractivity contribution in [3.63, 3.8) is 0 Å². The molecular weight excluding hydrogens is 548 g/mol. The molecule has 1 aromatic heterocycles. The maximum Gasteiger partial charge on any atom is 0.328 e. The van der Waals surface area contributed by atoms with Gasteiger partial charge >= 0.3 is 5.97 Å². The first-order chi connectivity index (χ1) is 19.4. The summed E-state index contributed by atoms with van der Waals surface area (Å²) in [4.78, 5) is 58.0. The topological polar surface area (TPSA) is 130 Å². The number of rotatable bonds is 7. The monoisotopic (exact) mass is 586 g/mol. The van der Waals surface area contributed by atoms with Crippen LogP contribution in [0.1, 0.15) is 75.7 Å². The van der Waals surface area contributed by atoms with Gasteiger partial charge in [-0.15, -0.1) is 0 Å². The Bertz CT molecular complexity index is 1360. The maximum atomic E-state index is 14.0. The lowest BCUT2D eigenvalue weighted by Gasteiger charge is -2.32. The number of aromatic amines is 1. The number of likely N-dealkylation sites (tertiary alicyclic amines) is 1. The van der Waals surface area contributed by atoms with Gasteiger partial charge in [0, 0.05) is 28.4 Å². The number of nitrogens with one attached hydrogen (secondary N) is 3. The number of halogens is 1. The van der Waals surface area contributed by atoms with Crippen molar-refractivity contribution in [1.82, 2.24) is 20.5 Å². The largest absolute Gasteiger partial charge is 0.496 e. The highest BCUT2D eigenvalue weighted by Crippen LogP contribution is 2.47. The molecule has 41 heavy (non-hydrogen) atoms. The average molecular weight is 587 g/mol. The van der Waals surface area contributed by atoms with Crippen molar-refractivity contribution < 1.29 is 28.7 Å². The van der Waals surface area contributed by atoms with E-state index in [4.69, 9.17) is 21.1 Å². The number of carbonyl (C=O) groups is 4. The molecule has 3 heterocycles. The van der Waals surface area contributed by atoms with Crippen LogP contribution in [-0.2, 0) is 19.1 Å². The summed E-state index contributed by atoms with van der Waals surface area (Å²) in [5, 5.41) is 6.99. The van der Waals surface area contributed by atoms with Gasteiger partial charge < -0.3 is 30.0 Å². The second kappa shape index (κ2) is 11.2. The van der Waals surface area contributed by atoms with E-state index in [1.54, 1.807) is 30.2 Å². The zero-order valence-corrected chi connectivity index (χ0v) is 24.9. The molecule has 3 amide bonds. The van der Waals surface area contributed by atoms with Gasteiger partial charge in [-0.3, -0.25) is 14.4 Å². The highest BCUT2D eigenvalue weighted by molar-refractivity contribution is 6.31. The summed E-state index contributed by atoms with van der Waals surface area (Å²) in [5.74, 6) is -1.36. The van der Waals surface area contributed by atoms with Crippen LogP contribution in [-0.4, -0.2) is 72.0 Å². The third-order valence-electron chi connectivity index (χ3n) is 9.01. The molecule has 1 aliphatic carbocycles. The molecule has 2 saturated heterocycles. The Kier molecular flexibility index (Phi) is 7.98. The van der Waals surface area contributed by atoms with E-state index < -0.39 is 29.9 Å². The summed E-state index contributed by atoms with van der Waals surface area (Å²) >= 11 is 6.24. The number of nitrogens with zero attached hydrogens (tertiary/aromatic N) is 1. The summed E-state index contributed by atoms with van der Waals surface area (Å²) in [6, 6.07) is 3.38. The molecular formula is C30H39ClN4O6. The number of ether oxygens (including phenoxy) is 2. The predicted molar refractivity (Wildman–Crippen MR) is 154 cm³/mol. The number of amides is 3. The molecule has 0 bridgehead atoms. The fraction of sp³-hybridized carbons (Fsp3) is 0.600. The molecule has 2 aromatic rings. The minimum atomic E-state index is -1.00. The molecule has 3 fully saturated rings. The summed E-state index contributed by atoms with van der Waals surface area (Å²) in [6.45, 7) is 4.31. The number of hydrogen-bond acceptors (Lipinski definition) is 6. The van der Waals surface area contributed by atoms with Gasteiger partial charge in [0.1, 0.15) is 23.5 Å². The predicted octanol–water partition coefficient (Wildman–Crippen LogP) is 3.96. The van der Waals surface area contributed by atoms with E-state index in [9.17, 15) is 19.2 Å². The first-order valence-corrected chi connectivity index (χ1v) is 14.7. The normalized spacial score (nSPS) is 23.8. The summed E-state index contributed by atoms with van der Waals surface area (Å²) in [6.07, 6.45) is 6.31. The Labute approximate surface area is 244 Å². The van der Waals surface area contributed by atoms with Crippen LogP contribution < -0.4 is 15.4 Å². The van der Waals surface area contributed by atoms with Crippen LogP contribution >= 0.6 is 11.6 Å². The number of methoxy groups -OCH3 is 2. The van der Waals surface area contributed by atoms with Gasteiger partial charge in [-0.05, 0) is 69.6 Å². The Morgan fingerprint density at radius 2 is 1.85 bits per heavy atom. The minimum absolute atomic E-state index is 0.127. The lowest BCUT2D eigenvalue weighted by atomic mass is 9.72. The van der Waals surface area contributed by atoms with Crippen molar-refractivity contribution in [1.29, 1.82) is 0 Å². The van der Waals surface area contributed by atoms with Gasteiger partial charge in [-0.2, -0.15) is 0 Å². The molecule has 2 aliphatic heterocycles. The molecule has 3 N–H and O–H groups in total. The van der Waals surface area contributed by atoms with Crippen molar-refractivity contribution >= 4 is 46.2 Å². The smallest absolute Gasteiger partial charge is 0.328 e. The lowest BCUT2D eigenvalue weighted by molar-refractivity contribution is -0.146. The van der Waals surface area contributed by atoms with Crippen LogP contribution in [0.25, 0.3) is 10.9 Å². The number of H-pyrrole nitrogens is 1. The average Bonchev–Trinajstić information content (AvgIpc) is 3.60. The number of esters is 1. The number of benzene rings is 1. The van der Waals surface area contributed by atoms with Gasteiger partial charge in [0.15, 0.2) is 0 Å². The van der Waals surface area contributed by atoms with Crippen molar-refractivity contribution in [2.45, 2.75) is 82.8 Å². The zero-order chi connectivity index (χ0) is 29.5. The quantitative estimate of drug-likeness (QED) is 0.421. The molecule has 1 spiro atoms. The van der Waals surface area contributed by atoms with Gasteiger partial charge in [0.2, 0.25) is 11.8 Å². The minimum Gasteiger partial charge on any atom is -0.496 e. The maximum absolute atomic E-state index is 14.0. The summed E-state index contributed by atoms with van der Waals surface area (Å²) in [5.41, 5.74) is 0.453. The number of hydrogen-bond donors (Lipinski definition) is 3. The van der Waals surface area contributed by atoms with Crippen LogP contribution in [0.5, 0.6) is 5.75 Å². The highest BCUT2D eigenvalue weighted by Gasteiger charge is 2.50. The Hall–Kier alpha value is -3.27. The number of fused-ring (bicyclic) bond motifs is 1. The molecule has 11 heteroatoms. The molecule has 0 unspecified atom stereocenters. The van der Waals surface area contributed by atoms with E-state index in [-0.39, 0.29) is 29.2 Å². The van der Waals surface area contributed by atoms with Gasteiger partial charge in [-0.25, -0.2) is 4.79 Å². The fourth-order valence-electron chi connectivity index (χ4n) is 7.07. The molecule has 1 saturated carbocycles. The first kappa shape index (κ1) is 29.2. The van der Waals surface area contributed by atoms with Crippen LogP contribution in [0.2, 0.25) is 5.02 Å². The molecule has 3 aliphatic rings. The van der Waals surface area contributed by atoms with Crippen molar-refractivity contribution in [2.24, 2.45) is 11.3 Å². The van der Waals surface area contributed by atoms with Gasteiger partial charge in [0.25, 0.3) is 5.91 Å². The third-order valence-corrected chi connectivity index (χ3v) is 9.23. The van der Waals surface area contributed by atoms with Crippen LogP contribution in [0, 0.1) is 11.3 Å². The van der Waals surface area contributed by atoms with Gasteiger partial charge in [0.05, 0.1) is 19.7 Å².